The van der Waals surface area contributed by atoms with E-state index in [-0.39, 0.29) is 0 Å². The van der Waals surface area contributed by atoms with E-state index in [0.29, 0.717) is 11.4 Å². The fourth-order valence-corrected chi connectivity index (χ4v) is 5.23. The number of benzene rings is 2. The van der Waals surface area contributed by atoms with Crippen LogP contribution in [0.25, 0.3) is 55.2 Å². The number of rotatable bonds is 6. The average Bonchev–Trinajstić information content (AvgIpc) is 3.43. The molecule has 0 atom stereocenters. The highest BCUT2D eigenvalue weighted by Gasteiger charge is 2.22. The van der Waals surface area contributed by atoms with Gasteiger partial charge in [0.1, 0.15) is 23.0 Å². The first-order valence-electron chi connectivity index (χ1n) is 12.4. The number of aromatic nitrogens is 5. The second-order valence-electron chi connectivity index (χ2n) is 9.71. The van der Waals surface area contributed by atoms with Gasteiger partial charge in [-0.3, -0.25) is 4.98 Å². The van der Waals surface area contributed by atoms with Crippen LogP contribution in [-0.2, 0) is 6.42 Å². The summed E-state index contributed by atoms with van der Waals surface area (Å²) < 4.78 is 11.3. The third kappa shape index (κ3) is 4.06. The molecule has 6 aromatic rings. The normalized spacial score (nSPS) is 11.9. The van der Waals surface area contributed by atoms with Gasteiger partial charge in [0.05, 0.1) is 35.0 Å². The fourth-order valence-electron chi connectivity index (χ4n) is 5.06. The molecule has 9 heteroatoms. The standard InChI is InChI=1S/C29H27ClN6O2/c1-15-26(16(2)38-35-15)21-13-23-20(14-24(21)37-5)27-28(33-25(9-11-36(3)4)34-29(27)32-23)18-8-10-31-22-7-6-17(30)12-19(18)22/h6-8,10,12-14H,9,11H2,1-5H3,(H,32,33,34). The zero-order chi connectivity index (χ0) is 26.6. The summed E-state index contributed by atoms with van der Waals surface area (Å²) in [5, 5.41) is 7.62. The lowest BCUT2D eigenvalue weighted by Crippen LogP contribution is -2.16. The molecule has 0 amide bonds. The number of H-pyrrole nitrogens is 1. The van der Waals surface area contributed by atoms with Crippen molar-refractivity contribution in [2.45, 2.75) is 20.3 Å². The third-order valence-electron chi connectivity index (χ3n) is 6.86. The molecule has 4 heterocycles. The van der Waals surface area contributed by atoms with Gasteiger partial charge >= 0.3 is 0 Å². The van der Waals surface area contributed by atoms with E-state index in [4.69, 9.17) is 30.8 Å². The summed E-state index contributed by atoms with van der Waals surface area (Å²) in [6.07, 6.45) is 2.52. The van der Waals surface area contributed by atoms with Crippen LogP contribution in [0.5, 0.6) is 5.75 Å². The van der Waals surface area contributed by atoms with E-state index in [9.17, 15) is 0 Å². The largest absolute Gasteiger partial charge is 0.496 e. The second kappa shape index (κ2) is 9.38. The number of halogens is 1. The summed E-state index contributed by atoms with van der Waals surface area (Å²) in [4.78, 5) is 20.3. The number of fused-ring (bicyclic) bond motifs is 4. The average molecular weight is 527 g/mol. The minimum atomic E-state index is 0.648. The minimum absolute atomic E-state index is 0.648. The minimum Gasteiger partial charge on any atom is -0.496 e. The van der Waals surface area contributed by atoms with E-state index in [0.717, 1.165) is 84.8 Å². The summed E-state index contributed by atoms with van der Waals surface area (Å²) in [6, 6.07) is 11.8. The van der Waals surface area contributed by atoms with Gasteiger partial charge in [-0.2, -0.15) is 0 Å². The number of ether oxygens (including phenoxy) is 1. The number of nitrogens with one attached hydrogen (secondary N) is 1. The van der Waals surface area contributed by atoms with Crippen LogP contribution in [0, 0.1) is 13.8 Å². The Labute approximate surface area is 224 Å². The summed E-state index contributed by atoms with van der Waals surface area (Å²) >= 11 is 6.42. The maximum absolute atomic E-state index is 6.42. The fraction of sp³-hybridized carbons (Fsp3) is 0.241. The van der Waals surface area contributed by atoms with Crippen molar-refractivity contribution >= 4 is 44.4 Å². The number of aryl methyl sites for hydroxylation is 2. The van der Waals surface area contributed by atoms with Gasteiger partial charge in [-0.15, -0.1) is 0 Å². The Kier molecular flexibility index (Phi) is 6.01. The number of aromatic amines is 1. The van der Waals surface area contributed by atoms with Crippen molar-refractivity contribution in [1.82, 2.24) is 30.0 Å². The van der Waals surface area contributed by atoms with Gasteiger partial charge in [0.2, 0.25) is 0 Å². The van der Waals surface area contributed by atoms with Gasteiger partial charge in [0.15, 0.2) is 0 Å². The van der Waals surface area contributed by atoms with Gasteiger partial charge in [-0.25, -0.2) is 9.97 Å². The first kappa shape index (κ1) is 24.3. The molecule has 8 nitrogen and oxygen atoms in total. The summed E-state index contributed by atoms with van der Waals surface area (Å²) in [7, 11) is 5.76. The highest BCUT2D eigenvalue weighted by atomic mass is 35.5. The maximum atomic E-state index is 6.42. The first-order chi connectivity index (χ1) is 18.3. The van der Waals surface area contributed by atoms with E-state index < -0.39 is 0 Å². The molecule has 4 aromatic heterocycles. The molecule has 0 unspecified atom stereocenters. The SMILES string of the molecule is COc1cc2c(cc1-c1c(C)noc1C)[nH]c1nc(CCN(C)C)nc(-c3ccnc4ccc(Cl)cc34)c12. The molecule has 38 heavy (non-hydrogen) atoms. The van der Waals surface area contributed by atoms with Crippen LogP contribution >= 0.6 is 11.6 Å². The second-order valence-corrected chi connectivity index (χ2v) is 10.1. The van der Waals surface area contributed by atoms with E-state index >= 15 is 0 Å². The molecule has 0 aliphatic heterocycles. The molecule has 0 saturated heterocycles. The van der Waals surface area contributed by atoms with Gasteiger partial charge in [-0.1, -0.05) is 16.8 Å². The Morgan fingerprint density at radius 3 is 2.61 bits per heavy atom. The number of likely N-dealkylation sites (N-methyl/N-ethyl adjacent to an activating group) is 1. The number of nitrogens with zero attached hydrogens (tertiary/aromatic N) is 5. The molecule has 0 aliphatic carbocycles. The molecule has 2 aromatic carbocycles. The molecule has 6 rings (SSSR count). The quantitative estimate of drug-likeness (QED) is 0.270. The molecule has 0 saturated carbocycles. The zero-order valence-electron chi connectivity index (χ0n) is 21.9. The van der Waals surface area contributed by atoms with Crippen molar-refractivity contribution in [3.8, 4) is 28.1 Å². The Bertz CT molecular complexity index is 1820. The molecular formula is C29H27ClN6O2. The number of methoxy groups -OCH3 is 1. The topological polar surface area (TPSA) is 93.0 Å². The molecular weight excluding hydrogens is 500 g/mol. The van der Waals surface area contributed by atoms with E-state index in [1.807, 2.05) is 64.5 Å². The number of pyridine rings is 1. The van der Waals surface area contributed by atoms with Crippen molar-refractivity contribution in [3.63, 3.8) is 0 Å². The van der Waals surface area contributed by atoms with Crippen molar-refractivity contribution in [2.24, 2.45) is 0 Å². The van der Waals surface area contributed by atoms with Crippen molar-refractivity contribution in [3.05, 3.63) is 64.9 Å². The summed E-state index contributed by atoms with van der Waals surface area (Å²) in [5.41, 5.74) is 6.97. The van der Waals surface area contributed by atoms with Crippen molar-refractivity contribution in [1.29, 1.82) is 0 Å². The Balaban J connectivity index is 1.68. The molecule has 0 bridgehead atoms. The highest BCUT2D eigenvalue weighted by molar-refractivity contribution is 6.31. The molecule has 0 radical (unpaired) electrons. The Hall–Kier alpha value is -4.01. The van der Waals surface area contributed by atoms with Gasteiger partial charge in [0.25, 0.3) is 0 Å². The van der Waals surface area contributed by atoms with Crippen LogP contribution in [0.3, 0.4) is 0 Å². The molecule has 0 fully saturated rings. The van der Waals surface area contributed by atoms with E-state index in [1.165, 1.54) is 0 Å². The predicted molar refractivity (Wildman–Crippen MR) is 151 cm³/mol. The lowest BCUT2D eigenvalue weighted by molar-refractivity contribution is 0.393. The van der Waals surface area contributed by atoms with Gasteiger partial charge < -0.3 is 19.1 Å². The van der Waals surface area contributed by atoms with Crippen LogP contribution in [0.1, 0.15) is 17.3 Å². The monoisotopic (exact) mass is 526 g/mol. The molecule has 1 N–H and O–H groups in total. The number of hydrogen-bond acceptors (Lipinski definition) is 7. The first-order valence-corrected chi connectivity index (χ1v) is 12.7. The molecule has 0 aliphatic rings. The van der Waals surface area contributed by atoms with Crippen LogP contribution in [0.2, 0.25) is 5.02 Å². The highest BCUT2D eigenvalue weighted by Crippen LogP contribution is 2.42. The summed E-state index contributed by atoms with van der Waals surface area (Å²) in [6.45, 7) is 4.67. The summed E-state index contributed by atoms with van der Waals surface area (Å²) in [5.74, 6) is 2.22. The molecule has 0 spiro atoms. The number of hydrogen-bond donors (Lipinski definition) is 1. The van der Waals surface area contributed by atoms with Crippen molar-refractivity contribution < 1.29 is 9.26 Å². The van der Waals surface area contributed by atoms with Crippen LogP contribution in [-0.4, -0.2) is 57.7 Å². The maximum Gasteiger partial charge on any atom is 0.142 e. The molecule has 192 valence electrons. The van der Waals surface area contributed by atoms with Crippen LogP contribution < -0.4 is 4.74 Å². The van der Waals surface area contributed by atoms with Crippen LogP contribution in [0.15, 0.2) is 47.1 Å². The Morgan fingerprint density at radius 2 is 1.87 bits per heavy atom. The van der Waals surface area contributed by atoms with Crippen molar-refractivity contribution in [2.75, 3.05) is 27.7 Å². The van der Waals surface area contributed by atoms with Gasteiger partial charge in [0, 0.05) is 51.6 Å². The van der Waals surface area contributed by atoms with E-state index in [1.54, 1.807) is 7.11 Å². The predicted octanol–water partition coefficient (Wildman–Crippen LogP) is 6.36. The Morgan fingerprint density at radius 1 is 1.03 bits per heavy atom. The zero-order valence-corrected chi connectivity index (χ0v) is 22.6. The lowest BCUT2D eigenvalue weighted by atomic mass is 9.99. The van der Waals surface area contributed by atoms with E-state index in [2.05, 4.69) is 26.1 Å². The van der Waals surface area contributed by atoms with Crippen LogP contribution in [0.4, 0.5) is 0 Å². The third-order valence-corrected chi connectivity index (χ3v) is 7.10. The lowest BCUT2D eigenvalue weighted by Gasteiger charge is -2.12. The van der Waals surface area contributed by atoms with Gasteiger partial charge in [-0.05, 0) is 64.3 Å². The smallest absolute Gasteiger partial charge is 0.142 e.